The molecule has 0 aliphatic carbocycles. The van der Waals surface area contributed by atoms with Gasteiger partial charge in [-0.2, -0.15) is 0 Å². The third kappa shape index (κ3) is 2.81. The van der Waals surface area contributed by atoms with Gasteiger partial charge in [-0.3, -0.25) is 4.79 Å². The minimum Gasteiger partial charge on any atom is -0.352 e. The molecule has 0 heterocycles. The van der Waals surface area contributed by atoms with E-state index in [2.05, 4.69) is 18.5 Å². The van der Waals surface area contributed by atoms with Gasteiger partial charge in [-0.05, 0) is 16.7 Å². The number of hydrogen-bond donors (Lipinski definition) is 1. The molecule has 15 heavy (non-hydrogen) atoms. The molecule has 0 fully saturated rings. The fraction of sp³-hybridized carbons (Fsp3) is 0.154. The van der Waals surface area contributed by atoms with Crippen LogP contribution in [0.15, 0.2) is 31.4 Å². The number of hydrogen-bond acceptors (Lipinski definition) is 1. The van der Waals surface area contributed by atoms with E-state index in [4.69, 9.17) is 0 Å². The molecule has 0 aliphatic rings. The zero-order chi connectivity index (χ0) is 11.3. The van der Waals surface area contributed by atoms with Crippen LogP contribution in [-0.4, -0.2) is 5.91 Å². The second-order valence-corrected chi connectivity index (χ2v) is 3.24. The monoisotopic (exact) mass is 201 g/mol. The summed E-state index contributed by atoms with van der Waals surface area (Å²) in [7, 11) is 0. The molecule has 1 N–H and O–H groups in total. The van der Waals surface area contributed by atoms with E-state index in [-0.39, 0.29) is 5.91 Å². The molecule has 1 aromatic rings. The van der Waals surface area contributed by atoms with Gasteiger partial charge in [-0.1, -0.05) is 43.5 Å². The first-order valence-electron chi connectivity index (χ1n) is 4.80. The van der Waals surface area contributed by atoms with Gasteiger partial charge in [0, 0.05) is 13.5 Å². The smallest absolute Gasteiger partial charge is 0.217 e. The van der Waals surface area contributed by atoms with Crippen molar-refractivity contribution < 1.29 is 4.79 Å². The molecule has 1 rings (SSSR count). The van der Waals surface area contributed by atoms with E-state index >= 15 is 0 Å². The zero-order valence-electron chi connectivity index (χ0n) is 8.92. The topological polar surface area (TPSA) is 29.1 Å². The van der Waals surface area contributed by atoms with Crippen molar-refractivity contribution in [1.29, 1.82) is 0 Å². The molecular weight excluding hydrogens is 186 g/mol. The Balaban J connectivity index is 3.00. The third-order valence-corrected chi connectivity index (χ3v) is 2.18. The minimum atomic E-state index is -0.0333. The third-order valence-electron chi connectivity index (χ3n) is 2.18. The van der Waals surface area contributed by atoms with Crippen molar-refractivity contribution >= 4 is 18.1 Å². The van der Waals surface area contributed by atoms with Gasteiger partial charge in [-0.15, -0.1) is 0 Å². The average molecular weight is 201 g/mol. The standard InChI is InChI=1S/C13H15NO/c1-4-11-7-6-8-12(13(11)5-2)9-14-10(3)15/h4-8H,1-2,9H2,3H3,(H,14,15). The lowest BCUT2D eigenvalue weighted by Gasteiger charge is -2.09. The lowest BCUT2D eigenvalue weighted by Crippen LogP contribution is -2.19. The van der Waals surface area contributed by atoms with Crippen molar-refractivity contribution in [2.45, 2.75) is 13.5 Å². The lowest BCUT2D eigenvalue weighted by atomic mass is 10.0. The van der Waals surface area contributed by atoms with E-state index in [0.29, 0.717) is 6.54 Å². The van der Waals surface area contributed by atoms with E-state index in [1.165, 1.54) is 6.92 Å². The molecule has 2 nitrogen and oxygen atoms in total. The number of amides is 1. The number of nitrogens with one attached hydrogen (secondary N) is 1. The molecule has 0 unspecified atom stereocenters. The predicted molar refractivity (Wildman–Crippen MR) is 64.1 cm³/mol. The molecule has 0 atom stereocenters. The maximum atomic E-state index is 10.8. The number of carbonyl (C=O) groups is 1. The van der Waals surface area contributed by atoms with Crippen molar-refractivity contribution in [3.8, 4) is 0 Å². The molecule has 78 valence electrons. The van der Waals surface area contributed by atoms with Crippen molar-refractivity contribution in [2.24, 2.45) is 0 Å². The van der Waals surface area contributed by atoms with Crippen molar-refractivity contribution in [3.05, 3.63) is 48.0 Å². The summed E-state index contributed by atoms with van der Waals surface area (Å²) < 4.78 is 0. The molecular formula is C13H15NO. The maximum Gasteiger partial charge on any atom is 0.217 e. The van der Waals surface area contributed by atoms with Crippen LogP contribution in [0.2, 0.25) is 0 Å². The van der Waals surface area contributed by atoms with Gasteiger partial charge in [0.15, 0.2) is 0 Å². The summed E-state index contributed by atoms with van der Waals surface area (Å²) in [5, 5.41) is 2.77. The summed E-state index contributed by atoms with van der Waals surface area (Å²) >= 11 is 0. The van der Waals surface area contributed by atoms with Gasteiger partial charge in [0.2, 0.25) is 5.91 Å². The Morgan fingerprint density at radius 3 is 2.67 bits per heavy atom. The second kappa shape index (κ2) is 5.15. The molecule has 0 saturated carbocycles. The second-order valence-electron chi connectivity index (χ2n) is 3.24. The molecule has 2 heteroatoms. The van der Waals surface area contributed by atoms with Crippen LogP contribution in [0.25, 0.3) is 12.2 Å². The van der Waals surface area contributed by atoms with E-state index in [1.807, 2.05) is 18.2 Å². The Hall–Kier alpha value is -1.83. The summed E-state index contributed by atoms with van der Waals surface area (Å²) in [5.74, 6) is -0.0333. The first-order chi connectivity index (χ1) is 7.19. The van der Waals surface area contributed by atoms with Gasteiger partial charge in [0.1, 0.15) is 0 Å². The number of carbonyl (C=O) groups excluding carboxylic acids is 1. The zero-order valence-corrected chi connectivity index (χ0v) is 8.92. The van der Waals surface area contributed by atoms with Crippen LogP contribution < -0.4 is 5.32 Å². The summed E-state index contributed by atoms with van der Waals surface area (Å²) in [6.45, 7) is 9.54. The fourth-order valence-corrected chi connectivity index (χ4v) is 1.43. The maximum absolute atomic E-state index is 10.8. The molecule has 0 aliphatic heterocycles. The van der Waals surface area contributed by atoms with Gasteiger partial charge >= 0.3 is 0 Å². The summed E-state index contributed by atoms with van der Waals surface area (Å²) in [5.41, 5.74) is 3.12. The summed E-state index contributed by atoms with van der Waals surface area (Å²) in [6.07, 6.45) is 3.57. The largest absolute Gasteiger partial charge is 0.352 e. The highest BCUT2D eigenvalue weighted by Crippen LogP contribution is 2.17. The minimum absolute atomic E-state index is 0.0333. The quantitative estimate of drug-likeness (QED) is 0.797. The molecule has 0 spiro atoms. The summed E-state index contributed by atoms with van der Waals surface area (Å²) in [6, 6.07) is 5.89. The Kier molecular flexibility index (Phi) is 3.86. The van der Waals surface area contributed by atoms with E-state index in [9.17, 15) is 4.79 Å². The van der Waals surface area contributed by atoms with Crippen LogP contribution >= 0.6 is 0 Å². The first-order valence-corrected chi connectivity index (χ1v) is 4.80. The highest BCUT2D eigenvalue weighted by molar-refractivity contribution is 5.73. The van der Waals surface area contributed by atoms with E-state index in [0.717, 1.165) is 16.7 Å². The van der Waals surface area contributed by atoms with Crippen LogP contribution in [0, 0.1) is 0 Å². The van der Waals surface area contributed by atoms with Gasteiger partial charge in [0.05, 0.1) is 0 Å². The van der Waals surface area contributed by atoms with Crippen molar-refractivity contribution in [2.75, 3.05) is 0 Å². The number of benzene rings is 1. The average Bonchev–Trinajstić information content (AvgIpc) is 2.25. The van der Waals surface area contributed by atoms with Crippen LogP contribution in [0.3, 0.4) is 0 Å². The Morgan fingerprint density at radius 1 is 1.40 bits per heavy atom. The molecule has 0 saturated heterocycles. The highest BCUT2D eigenvalue weighted by Gasteiger charge is 2.03. The van der Waals surface area contributed by atoms with Crippen LogP contribution in [-0.2, 0) is 11.3 Å². The van der Waals surface area contributed by atoms with Gasteiger partial charge in [0.25, 0.3) is 0 Å². The Bertz CT molecular complexity index is 394. The Morgan fingerprint density at radius 2 is 2.13 bits per heavy atom. The molecule has 0 aromatic heterocycles. The predicted octanol–water partition coefficient (Wildman–Crippen LogP) is 2.61. The summed E-state index contributed by atoms with van der Waals surface area (Å²) in [4.78, 5) is 10.8. The van der Waals surface area contributed by atoms with E-state index in [1.54, 1.807) is 12.2 Å². The molecule has 1 aromatic carbocycles. The molecule has 1 amide bonds. The van der Waals surface area contributed by atoms with Crippen molar-refractivity contribution in [3.63, 3.8) is 0 Å². The Labute approximate surface area is 90.3 Å². The van der Waals surface area contributed by atoms with Crippen LogP contribution in [0.1, 0.15) is 23.6 Å². The van der Waals surface area contributed by atoms with Crippen molar-refractivity contribution in [1.82, 2.24) is 5.32 Å². The number of rotatable bonds is 4. The normalized spacial score (nSPS) is 9.40. The van der Waals surface area contributed by atoms with Crippen LogP contribution in [0.4, 0.5) is 0 Å². The van der Waals surface area contributed by atoms with E-state index < -0.39 is 0 Å². The molecule has 0 bridgehead atoms. The first kappa shape index (κ1) is 11.2. The molecule has 0 radical (unpaired) electrons. The van der Waals surface area contributed by atoms with Gasteiger partial charge < -0.3 is 5.32 Å². The fourth-order valence-electron chi connectivity index (χ4n) is 1.43. The SMILES string of the molecule is C=Cc1cccc(CNC(C)=O)c1C=C. The lowest BCUT2D eigenvalue weighted by molar-refractivity contribution is -0.119. The highest BCUT2D eigenvalue weighted by atomic mass is 16.1. The van der Waals surface area contributed by atoms with Crippen LogP contribution in [0.5, 0.6) is 0 Å². The van der Waals surface area contributed by atoms with Gasteiger partial charge in [-0.25, -0.2) is 0 Å².